The summed E-state index contributed by atoms with van der Waals surface area (Å²) in [4.78, 5) is 66.1. The zero-order valence-electron chi connectivity index (χ0n) is 31.9. The molecule has 0 saturated carbocycles. The highest BCUT2D eigenvalue weighted by molar-refractivity contribution is 5.92. The molecular weight excluding hydrogens is 624 g/mol. The molecule has 7 atom stereocenters. The number of carbonyl (C=O) groups excluding carboxylic acids is 4. The maximum atomic E-state index is 14.3. The van der Waals surface area contributed by atoms with Gasteiger partial charge in [-0.3, -0.25) is 29.0 Å². The Bertz CT molecular complexity index is 1130. The van der Waals surface area contributed by atoms with Gasteiger partial charge < -0.3 is 29.5 Å². The van der Waals surface area contributed by atoms with Crippen LogP contribution in [-0.4, -0.2) is 158 Å². The fraction of sp³-hybridized carbons (Fsp3) is 0.892. The molecule has 0 aromatic heterocycles. The lowest BCUT2D eigenvalue weighted by Crippen LogP contribution is -2.61. The summed E-state index contributed by atoms with van der Waals surface area (Å²) >= 11 is 0. The minimum absolute atomic E-state index is 0.0108. The van der Waals surface area contributed by atoms with E-state index in [2.05, 4.69) is 29.0 Å². The summed E-state index contributed by atoms with van der Waals surface area (Å²) in [6.45, 7) is 13.9. The van der Waals surface area contributed by atoms with E-state index in [1.807, 2.05) is 49.6 Å². The first kappa shape index (κ1) is 39.5. The number of carbonyl (C=O) groups is 4. The van der Waals surface area contributed by atoms with Gasteiger partial charge in [0, 0.05) is 40.4 Å². The number of piperidine rings is 1. The summed E-state index contributed by atoms with van der Waals surface area (Å²) in [6.07, 6.45) is 7.70. The van der Waals surface area contributed by atoms with Crippen molar-refractivity contribution in [1.82, 2.24) is 29.8 Å². The number of hydrogen-bond acceptors (Lipinski definition) is 8. The van der Waals surface area contributed by atoms with Crippen molar-refractivity contribution in [1.29, 1.82) is 0 Å². The van der Waals surface area contributed by atoms with E-state index in [0.29, 0.717) is 32.7 Å². The topological polar surface area (TPSA) is 115 Å². The van der Waals surface area contributed by atoms with Crippen LogP contribution in [-0.2, 0) is 28.7 Å². The van der Waals surface area contributed by atoms with E-state index in [-0.39, 0.29) is 59.8 Å². The zero-order valence-corrected chi connectivity index (χ0v) is 31.9. The minimum Gasteiger partial charge on any atom is -0.383 e. The van der Waals surface area contributed by atoms with Crippen molar-refractivity contribution in [3.63, 3.8) is 0 Å². The van der Waals surface area contributed by atoms with E-state index in [0.717, 1.165) is 64.5 Å². The molecule has 4 amide bonds. The van der Waals surface area contributed by atoms with Crippen LogP contribution in [0.5, 0.6) is 0 Å². The smallest absolute Gasteiger partial charge is 0.246 e. The average Bonchev–Trinajstić information content (AvgIpc) is 3.81. The van der Waals surface area contributed by atoms with Gasteiger partial charge in [0.15, 0.2) is 0 Å². The molecule has 4 fully saturated rings. The second-order valence-corrected chi connectivity index (χ2v) is 16.4. The highest BCUT2D eigenvalue weighted by Gasteiger charge is 2.47. The predicted octanol–water partition coefficient (Wildman–Crippen LogP) is 2.59. The van der Waals surface area contributed by atoms with Crippen LogP contribution >= 0.6 is 0 Å². The molecule has 0 aromatic rings. The van der Waals surface area contributed by atoms with Crippen molar-refractivity contribution in [2.75, 3.05) is 67.7 Å². The molecule has 4 aliphatic heterocycles. The number of ether oxygens (including phenoxy) is 2. The predicted molar refractivity (Wildman–Crippen MR) is 190 cm³/mol. The standard InChI is InChI=1S/C37H66N6O6/c1-25(2)31(40(7)36(47)32(37(3,4)5)38-33(44)28-14-10-11-19-39(28)6)22-41-20-12-15-29(41)34(45)42-21-13-16-30(42)35(46)43-26(23-48-8)17-18-27(43)24-49-9/h25-32H,10-24H2,1-9H3,(H,38,44). The number of likely N-dealkylation sites (tertiary alicyclic amines) is 4. The molecule has 12 nitrogen and oxygen atoms in total. The Kier molecular flexibility index (Phi) is 13.9. The van der Waals surface area contributed by atoms with E-state index >= 15 is 0 Å². The number of nitrogens with one attached hydrogen (secondary N) is 1. The van der Waals surface area contributed by atoms with Gasteiger partial charge in [0.2, 0.25) is 23.6 Å². The SMILES string of the molecule is COCC1CCC(COC)N1C(=O)C1CCCN1C(=O)C1CCCN1CC(C(C)C)N(C)C(=O)C(NC(=O)C1CCCCN1C)C(C)(C)C. The molecule has 0 radical (unpaired) electrons. The van der Waals surface area contributed by atoms with Crippen molar-refractivity contribution >= 4 is 23.6 Å². The number of likely N-dealkylation sites (N-methyl/N-ethyl adjacent to an activating group) is 2. The third-order valence-electron chi connectivity index (χ3n) is 11.6. The Morgan fingerprint density at radius 1 is 0.796 bits per heavy atom. The molecule has 7 unspecified atom stereocenters. The van der Waals surface area contributed by atoms with Gasteiger partial charge in [-0.2, -0.15) is 0 Å². The van der Waals surface area contributed by atoms with E-state index in [1.165, 1.54) is 0 Å². The lowest BCUT2D eigenvalue weighted by molar-refractivity contribution is -0.149. The van der Waals surface area contributed by atoms with E-state index < -0.39 is 17.5 Å². The van der Waals surface area contributed by atoms with Crippen molar-refractivity contribution in [2.45, 2.75) is 135 Å². The fourth-order valence-corrected chi connectivity index (χ4v) is 8.69. The third-order valence-corrected chi connectivity index (χ3v) is 11.6. The monoisotopic (exact) mass is 691 g/mol. The first-order chi connectivity index (χ1) is 23.2. The van der Waals surface area contributed by atoms with Gasteiger partial charge in [-0.15, -0.1) is 0 Å². The van der Waals surface area contributed by atoms with Crippen LogP contribution in [0.2, 0.25) is 0 Å². The fourth-order valence-electron chi connectivity index (χ4n) is 8.69. The van der Waals surface area contributed by atoms with Crippen LogP contribution in [0.3, 0.4) is 0 Å². The van der Waals surface area contributed by atoms with Crippen molar-refractivity contribution < 1.29 is 28.7 Å². The quantitative estimate of drug-likeness (QED) is 0.314. The lowest BCUT2D eigenvalue weighted by atomic mass is 9.84. The van der Waals surface area contributed by atoms with E-state index in [9.17, 15) is 19.2 Å². The van der Waals surface area contributed by atoms with Crippen molar-refractivity contribution in [3.8, 4) is 0 Å². The minimum atomic E-state index is -0.677. The Morgan fingerprint density at radius 3 is 1.96 bits per heavy atom. The molecule has 4 heterocycles. The van der Waals surface area contributed by atoms with Gasteiger partial charge in [0.1, 0.15) is 12.1 Å². The number of nitrogens with zero attached hydrogens (tertiary/aromatic N) is 5. The second-order valence-electron chi connectivity index (χ2n) is 16.4. The Hall–Kier alpha value is -2.28. The Balaban J connectivity index is 1.47. The van der Waals surface area contributed by atoms with Gasteiger partial charge in [0.25, 0.3) is 0 Å². The molecular formula is C37H66N6O6. The summed E-state index contributed by atoms with van der Waals surface area (Å²) in [7, 11) is 7.15. The van der Waals surface area contributed by atoms with E-state index in [4.69, 9.17) is 9.47 Å². The molecule has 280 valence electrons. The summed E-state index contributed by atoms with van der Waals surface area (Å²) in [6, 6.07) is -1.89. The number of hydrogen-bond donors (Lipinski definition) is 1. The van der Waals surface area contributed by atoms with Gasteiger partial charge in [-0.1, -0.05) is 41.0 Å². The Labute approximate surface area is 295 Å². The van der Waals surface area contributed by atoms with Crippen LogP contribution in [0.15, 0.2) is 0 Å². The molecule has 0 aromatic carbocycles. The summed E-state index contributed by atoms with van der Waals surface area (Å²) in [5.41, 5.74) is -0.487. The first-order valence-electron chi connectivity index (χ1n) is 18.8. The van der Waals surface area contributed by atoms with Crippen LogP contribution in [0.1, 0.15) is 92.4 Å². The molecule has 0 bridgehead atoms. The summed E-state index contributed by atoms with van der Waals surface area (Å²) in [5.74, 6) is -0.0324. The molecule has 1 N–H and O–H groups in total. The summed E-state index contributed by atoms with van der Waals surface area (Å²) < 4.78 is 10.9. The van der Waals surface area contributed by atoms with E-state index in [1.54, 1.807) is 14.2 Å². The van der Waals surface area contributed by atoms with Gasteiger partial charge in [-0.05, 0) is 82.8 Å². The molecule has 4 saturated heterocycles. The highest BCUT2D eigenvalue weighted by Crippen LogP contribution is 2.32. The second kappa shape index (κ2) is 17.3. The zero-order chi connectivity index (χ0) is 36.0. The molecule has 4 aliphatic rings. The first-order valence-corrected chi connectivity index (χ1v) is 18.8. The van der Waals surface area contributed by atoms with Crippen molar-refractivity contribution in [3.05, 3.63) is 0 Å². The number of methoxy groups -OCH3 is 2. The molecule has 0 aliphatic carbocycles. The van der Waals surface area contributed by atoms with Crippen LogP contribution in [0.25, 0.3) is 0 Å². The van der Waals surface area contributed by atoms with Crippen LogP contribution in [0.4, 0.5) is 0 Å². The average molecular weight is 691 g/mol. The van der Waals surface area contributed by atoms with Gasteiger partial charge >= 0.3 is 0 Å². The normalized spacial score (nSPS) is 28.2. The summed E-state index contributed by atoms with van der Waals surface area (Å²) in [5, 5.41) is 3.15. The van der Waals surface area contributed by atoms with Gasteiger partial charge in [-0.25, -0.2) is 0 Å². The van der Waals surface area contributed by atoms with Crippen molar-refractivity contribution in [2.24, 2.45) is 11.3 Å². The maximum absolute atomic E-state index is 14.3. The lowest BCUT2D eigenvalue weighted by Gasteiger charge is -2.41. The van der Waals surface area contributed by atoms with Gasteiger partial charge in [0.05, 0.1) is 37.4 Å². The number of rotatable bonds is 13. The van der Waals surface area contributed by atoms with Crippen LogP contribution in [0, 0.1) is 11.3 Å². The maximum Gasteiger partial charge on any atom is 0.246 e. The number of amides is 4. The Morgan fingerprint density at radius 2 is 1.39 bits per heavy atom. The largest absolute Gasteiger partial charge is 0.383 e. The third kappa shape index (κ3) is 9.15. The molecule has 0 spiro atoms. The highest BCUT2D eigenvalue weighted by atomic mass is 16.5. The molecule has 12 heteroatoms. The molecule has 4 rings (SSSR count). The molecule has 49 heavy (non-hydrogen) atoms. The van der Waals surface area contributed by atoms with Crippen LogP contribution < -0.4 is 5.32 Å².